The largest absolute Gasteiger partial charge is 0.468 e. The Morgan fingerprint density at radius 3 is 2.45 bits per heavy atom. The summed E-state index contributed by atoms with van der Waals surface area (Å²) >= 11 is 8.27. The normalized spacial score (nSPS) is 16.2. The number of halogens is 2. The van der Waals surface area contributed by atoms with Crippen LogP contribution in [0.3, 0.4) is 0 Å². The number of hydrogen-bond acceptors (Lipinski definition) is 5. The number of carbonyl (C=O) groups is 2. The lowest BCUT2D eigenvalue weighted by atomic mass is 10.2. The van der Waals surface area contributed by atoms with Crippen molar-refractivity contribution < 1.29 is 14.3 Å². The molecule has 1 fully saturated rings. The van der Waals surface area contributed by atoms with Crippen molar-refractivity contribution in [2.45, 2.75) is 0 Å². The average molecular weight is 426 g/mol. The summed E-state index contributed by atoms with van der Waals surface area (Å²) in [6, 6.07) is 1.83. The molecule has 0 aromatic carbocycles. The number of esters is 1. The van der Waals surface area contributed by atoms with Gasteiger partial charge in [0.1, 0.15) is 0 Å². The number of hydrogen-bond donors (Lipinski definition) is 0. The van der Waals surface area contributed by atoms with Gasteiger partial charge in [-0.3, -0.25) is 14.5 Å². The van der Waals surface area contributed by atoms with Gasteiger partial charge in [-0.05, 0) is 37.9 Å². The maximum atomic E-state index is 12.4. The molecular formula is C12H14Br2N2O3S. The lowest BCUT2D eigenvalue weighted by Gasteiger charge is -2.34. The van der Waals surface area contributed by atoms with Gasteiger partial charge in [0, 0.05) is 26.2 Å². The highest BCUT2D eigenvalue weighted by atomic mass is 79.9. The quantitative estimate of drug-likeness (QED) is 0.696. The monoisotopic (exact) mass is 424 g/mol. The van der Waals surface area contributed by atoms with E-state index in [9.17, 15) is 9.59 Å². The molecule has 1 saturated heterocycles. The third kappa shape index (κ3) is 3.81. The Balaban J connectivity index is 1.92. The van der Waals surface area contributed by atoms with Gasteiger partial charge in [0.15, 0.2) is 0 Å². The first-order chi connectivity index (χ1) is 9.51. The minimum Gasteiger partial charge on any atom is -0.468 e. The van der Waals surface area contributed by atoms with E-state index in [1.54, 1.807) is 0 Å². The summed E-state index contributed by atoms with van der Waals surface area (Å²) in [4.78, 5) is 27.4. The lowest BCUT2D eigenvalue weighted by molar-refractivity contribution is -0.142. The summed E-state index contributed by atoms with van der Waals surface area (Å²) in [6.07, 6.45) is 0. The molecule has 5 nitrogen and oxygen atoms in total. The van der Waals surface area contributed by atoms with Crippen molar-refractivity contribution >= 4 is 55.1 Å². The van der Waals surface area contributed by atoms with Crippen molar-refractivity contribution in [3.63, 3.8) is 0 Å². The molecule has 1 aliphatic heterocycles. The number of amides is 1. The summed E-state index contributed by atoms with van der Waals surface area (Å²) in [7, 11) is 1.38. The Morgan fingerprint density at radius 2 is 1.95 bits per heavy atom. The van der Waals surface area contributed by atoms with Crippen LogP contribution in [0.4, 0.5) is 0 Å². The molecule has 0 bridgehead atoms. The third-order valence-electron chi connectivity index (χ3n) is 3.13. The summed E-state index contributed by atoms with van der Waals surface area (Å²) in [6.45, 7) is 2.89. The molecule has 2 rings (SSSR count). The molecule has 0 atom stereocenters. The molecular weight excluding hydrogens is 412 g/mol. The number of piperazine rings is 1. The molecule has 2 heterocycles. The predicted molar refractivity (Wildman–Crippen MR) is 84.1 cm³/mol. The first-order valence-corrected chi connectivity index (χ1v) is 8.44. The topological polar surface area (TPSA) is 49.9 Å². The van der Waals surface area contributed by atoms with Crippen LogP contribution in [-0.4, -0.2) is 61.5 Å². The lowest BCUT2D eigenvalue weighted by Crippen LogP contribution is -2.50. The summed E-state index contributed by atoms with van der Waals surface area (Å²) < 4.78 is 6.41. The molecule has 20 heavy (non-hydrogen) atoms. The fourth-order valence-electron chi connectivity index (χ4n) is 2.01. The Morgan fingerprint density at radius 1 is 1.30 bits per heavy atom. The zero-order chi connectivity index (χ0) is 14.7. The fourth-order valence-corrected chi connectivity index (χ4v) is 4.79. The van der Waals surface area contributed by atoms with E-state index in [2.05, 4.69) is 36.6 Å². The van der Waals surface area contributed by atoms with Crippen LogP contribution in [0.5, 0.6) is 0 Å². The molecule has 1 aliphatic rings. The van der Waals surface area contributed by atoms with E-state index in [0.29, 0.717) is 31.7 Å². The Labute approximate surface area is 138 Å². The van der Waals surface area contributed by atoms with Gasteiger partial charge >= 0.3 is 5.97 Å². The first-order valence-electron chi connectivity index (χ1n) is 6.04. The van der Waals surface area contributed by atoms with Crippen molar-refractivity contribution in [2.24, 2.45) is 0 Å². The zero-order valence-electron chi connectivity index (χ0n) is 10.9. The van der Waals surface area contributed by atoms with Gasteiger partial charge in [-0.2, -0.15) is 0 Å². The van der Waals surface area contributed by atoms with Gasteiger partial charge in [-0.15, -0.1) is 11.3 Å². The minimum atomic E-state index is -0.241. The average Bonchev–Trinajstić information content (AvgIpc) is 2.77. The van der Waals surface area contributed by atoms with Gasteiger partial charge < -0.3 is 9.64 Å². The van der Waals surface area contributed by atoms with Crippen LogP contribution in [0.25, 0.3) is 0 Å². The standard InChI is InChI=1S/C12H14Br2N2O3S/c1-19-10(17)7-15-2-4-16(5-3-15)12(18)8-6-9(13)20-11(8)14/h6H,2-5,7H2,1H3. The van der Waals surface area contributed by atoms with Crippen molar-refractivity contribution in [3.05, 3.63) is 19.2 Å². The fraction of sp³-hybridized carbons (Fsp3) is 0.500. The Hall–Kier alpha value is -0.440. The van der Waals surface area contributed by atoms with E-state index in [4.69, 9.17) is 0 Å². The molecule has 110 valence electrons. The predicted octanol–water partition coefficient (Wildman–Crippen LogP) is 2.20. The Kier molecular flexibility index (Phi) is 5.59. The molecule has 0 unspecified atom stereocenters. The van der Waals surface area contributed by atoms with Crippen LogP contribution < -0.4 is 0 Å². The van der Waals surface area contributed by atoms with Crippen LogP contribution in [-0.2, 0) is 9.53 Å². The van der Waals surface area contributed by atoms with E-state index < -0.39 is 0 Å². The number of rotatable bonds is 3. The minimum absolute atomic E-state index is 0.0246. The maximum absolute atomic E-state index is 12.4. The molecule has 1 aromatic rings. The van der Waals surface area contributed by atoms with Gasteiger partial charge in [-0.25, -0.2) is 0 Å². The number of nitrogens with zero attached hydrogens (tertiary/aromatic N) is 2. The van der Waals surface area contributed by atoms with Crippen LogP contribution in [0, 0.1) is 0 Å². The second kappa shape index (κ2) is 7.02. The molecule has 1 amide bonds. The van der Waals surface area contributed by atoms with Crippen LogP contribution in [0.15, 0.2) is 13.6 Å². The van der Waals surface area contributed by atoms with Gasteiger partial charge in [-0.1, -0.05) is 0 Å². The van der Waals surface area contributed by atoms with Crippen molar-refractivity contribution in [3.8, 4) is 0 Å². The number of methoxy groups -OCH3 is 1. The molecule has 0 aliphatic carbocycles. The van der Waals surface area contributed by atoms with Crippen molar-refractivity contribution in [1.82, 2.24) is 9.80 Å². The summed E-state index contributed by atoms with van der Waals surface area (Å²) in [5.41, 5.74) is 0.684. The second-order valence-electron chi connectivity index (χ2n) is 4.38. The van der Waals surface area contributed by atoms with Crippen LogP contribution in [0.2, 0.25) is 0 Å². The molecule has 0 radical (unpaired) electrons. The summed E-state index contributed by atoms with van der Waals surface area (Å²) in [5.74, 6) is -0.217. The molecule has 0 spiro atoms. The van der Waals surface area contributed by atoms with Gasteiger partial charge in [0.2, 0.25) is 0 Å². The Bertz CT molecular complexity index is 513. The van der Waals surface area contributed by atoms with Crippen molar-refractivity contribution in [1.29, 1.82) is 0 Å². The van der Waals surface area contributed by atoms with E-state index in [-0.39, 0.29) is 18.4 Å². The number of thiophene rings is 1. The molecule has 1 aromatic heterocycles. The second-order valence-corrected chi connectivity index (χ2v) is 8.13. The van der Waals surface area contributed by atoms with E-state index in [1.807, 2.05) is 15.9 Å². The zero-order valence-corrected chi connectivity index (χ0v) is 14.9. The molecule has 8 heteroatoms. The van der Waals surface area contributed by atoms with E-state index in [1.165, 1.54) is 18.4 Å². The summed E-state index contributed by atoms with van der Waals surface area (Å²) in [5, 5.41) is 0. The molecule has 0 saturated carbocycles. The molecule has 0 N–H and O–H groups in total. The third-order valence-corrected chi connectivity index (χ3v) is 5.47. The highest BCUT2D eigenvalue weighted by molar-refractivity contribution is 9.12. The highest BCUT2D eigenvalue weighted by Crippen LogP contribution is 2.32. The number of ether oxygens (including phenoxy) is 1. The highest BCUT2D eigenvalue weighted by Gasteiger charge is 2.25. The van der Waals surface area contributed by atoms with Crippen molar-refractivity contribution in [2.75, 3.05) is 39.8 Å². The number of carbonyl (C=O) groups excluding carboxylic acids is 2. The van der Waals surface area contributed by atoms with Crippen LogP contribution in [0.1, 0.15) is 10.4 Å². The first kappa shape index (κ1) is 15.9. The SMILES string of the molecule is COC(=O)CN1CCN(C(=O)c2cc(Br)sc2Br)CC1. The smallest absolute Gasteiger partial charge is 0.319 e. The maximum Gasteiger partial charge on any atom is 0.319 e. The van der Waals surface area contributed by atoms with Gasteiger partial charge in [0.05, 0.1) is 26.8 Å². The van der Waals surface area contributed by atoms with Crippen LogP contribution >= 0.6 is 43.2 Å². The van der Waals surface area contributed by atoms with E-state index in [0.717, 1.165) is 7.57 Å². The van der Waals surface area contributed by atoms with Gasteiger partial charge in [0.25, 0.3) is 5.91 Å². The van der Waals surface area contributed by atoms with E-state index >= 15 is 0 Å².